The fourth-order valence-corrected chi connectivity index (χ4v) is 4.41. The topological polar surface area (TPSA) is 131 Å². The molecular formula is C28H32N6O5. The number of para-hydroxylation sites is 2. The summed E-state index contributed by atoms with van der Waals surface area (Å²) in [5.41, 5.74) is 8.60. The quantitative estimate of drug-likeness (QED) is 0.358. The van der Waals surface area contributed by atoms with Crippen molar-refractivity contribution in [1.82, 2.24) is 14.8 Å². The Labute approximate surface area is 226 Å². The lowest BCUT2D eigenvalue weighted by Crippen LogP contribution is -2.40. The number of benzene rings is 2. The maximum atomic E-state index is 13.3. The number of hydrogen-bond donors (Lipinski definition) is 3. The van der Waals surface area contributed by atoms with Crippen LogP contribution in [-0.4, -0.2) is 72.9 Å². The van der Waals surface area contributed by atoms with E-state index < -0.39 is 0 Å². The van der Waals surface area contributed by atoms with Gasteiger partial charge >= 0.3 is 6.03 Å². The van der Waals surface area contributed by atoms with Crippen LogP contribution in [0.5, 0.6) is 11.5 Å². The van der Waals surface area contributed by atoms with Crippen LogP contribution >= 0.6 is 0 Å². The Kier molecular flexibility index (Phi) is 8.39. The Hall–Kier alpha value is -4.35. The van der Waals surface area contributed by atoms with Gasteiger partial charge in [-0.2, -0.15) is 0 Å². The van der Waals surface area contributed by atoms with Gasteiger partial charge < -0.3 is 35.5 Å². The van der Waals surface area contributed by atoms with E-state index in [0.717, 1.165) is 44.8 Å². The molecule has 39 heavy (non-hydrogen) atoms. The number of nitrogens with two attached hydrogens (primary N) is 1. The third kappa shape index (κ3) is 6.95. The Morgan fingerprint density at radius 3 is 2.62 bits per heavy atom. The predicted octanol–water partition coefficient (Wildman–Crippen LogP) is 3.40. The first-order chi connectivity index (χ1) is 19.0. The number of amides is 3. The highest BCUT2D eigenvalue weighted by Crippen LogP contribution is 2.34. The molecule has 0 unspecified atom stereocenters. The van der Waals surface area contributed by atoms with E-state index in [1.807, 2.05) is 0 Å². The Bertz CT molecular complexity index is 1300. The average molecular weight is 533 g/mol. The van der Waals surface area contributed by atoms with Gasteiger partial charge in [-0.1, -0.05) is 18.2 Å². The van der Waals surface area contributed by atoms with Crippen LogP contribution in [-0.2, 0) is 11.3 Å². The molecule has 204 valence electrons. The molecule has 0 spiro atoms. The van der Waals surface area contributed by atoms with Crippen LogP contribution in [0.15, 0.2) is 60.8 Å². The SMILES string of the molecule is Nc1ccccc1NC(=O)c1ccc(CN(CCCN2CCOCC2)C(=O)Nc2ccc3c(c2)OCO3)cn1. The van der Waals surface area contributed by atoms with Crippen molar-refractivity contribution in [2.75, 3.05) is 62.6 Å². The van der Waals surface area contributed by atoms with Crippen molar-refractivity contribution in [3.8, 4) is 11.5 Å². The number of nitrogen functional groups attached to an aromatic ring is 1. The van der Waals surface area contributed by atoms with Gasteiger partial charge in [0.2, 0.25) is 6.79 Å². The molecule has 1 saturated heterocycles. The summed E-state index contributed by atoms with van der Waals surface area (Å²) in [6.45, 7) is 5.17. The predicted molar refractivity (Wildman–Crippen MR) is 147 cm³/mol. The van der Waals surface area contributed by atoms with Crippen molar-refractivity contribution in [3.63, 3.8) is 0 Å². The maximum absolute atomic E-state index is 13.3. The first-order valence-corrected chi connectivity index (χ1v) is 12.9. The van der Waals surface area contributed by atoms with Crippen LogP contribution in [0.25, 0.3) is 0 Å². The molecule has 2 aromatic carbocycles. The van der Waals surface area contributed by atoms with Gasteiger partial charge in [-0.3, -0.25) is 14.7 Å². The maximum Gasteiger partial charge on any atom is 0.322 e. The smallest absolute Gasteiger partial charge is 0.322 e. The number of carbonyl (C=O) groups is 2. The lowest BCUT2D eigenvalue weighted by molar-refractivity contribution is 0.0365. The number of urea groups is 1. The number of nitrogens with zero attached hydrogens (tertiary/aromatic N) is 3. The van der Waals surface area contributed by atoms with Gasteiger partial charge in [0.25, 0.3) is 5.91 Å². The number of aromatic nitrogens is 1. The van der Waals surface area contributed by atoms with Crippen LogP contribution in [0.1, 0.15) is 22.5 Å². The first kappa shape index (κ1) is 26.3. The molecule has 1 aromatic heterocycles. The molecule has 0 radical (unpaired) electrons. The summed E-state index contributed by atoms with van der Waals surface area (Å²) >= 11 is 0. The third-order valence-corrected chi connectivity index (χ3v) is 6.56. The molecule has 0 saturated carbocycles. The molecule has 4 N–H and O–H groups in total. The number of nitrogens with one attached hydrogen (secondary N) is 2. The number of hydrogen-bond acceptors (Lipinski definition) is 8. The van der Waals surface area contributed by atoms with Crippen molar-refractivity contribution >= 4 is 29.0 Å². The van der Waals surface area contributed by atoms with E-state index in [-0.39, 0.29) is 24.4 Å². The summed E-state index contributed by atoms with van der Waals surface area (Å²) < 4.78 is 16.2. The van der Waals surface area contributed by atoms with E-state index in [1.165, 1.54) is 0 Å². The summed E-state index contributed by atoms with van der Waals surface area (Å²) in [4.78, 5) is 34.4. The van der Waals surface area contributed by atoms with Crippen molar-refractivity contribution < 1.29 is 23.8 Å². The molecule has 3 heterocycles. The van der Waals surface area contributed by atoms with Gasteiger partial charge in [0, 0.05) is 50.7 Å². The molecule has 5 rings (SSSR count). The zero-order valence-corrected chi connectivity index (χ0v) is 21.6. The largest absolute Gasteiger partial charge is 0.454 e. The van der Waals surface area contributed by atoms with Gasteiger partial charge in [0.15, 0.2) is 11.5 Å². The normalized spacial score (nSPS) is 14.6. The van der Waals surface area contributed by atoms with Crippen molar-refractivity contribution in [3.05, 3.63) is 72.1 Å². The number of rotatable bonds is 9. The number of ether oxygens (including phenoxy) is 3. The Morgan fingerprint density at radius 1 is 1.00 bits per heavy atom. The number of fused-ring (bicyclic) bond motifs is 1. The molecule has 0 bridgehead atoms. The molecular weight excluding hydrogens is 500 g/mol. The summed E-state index contributed by atoms with van der Waals surface area (Å²) in [5, 5.41) is 5.74. The Morgan fingerprint density at radius 2 is 1.82 bits per heavy atom. The molecule has 0 aliphatic carbocycles. The number of carbonyl (C=O) groups excluding carboxylic acids is 2. The lowest BCUT2D eigenvalue weighted by Gasteiger charge is -2.28. The number of pyridine rings is 1. The average Bonchev–Trinajstić information content (AvgIpc) is 3.43. The van der Waals surface area contributed by atoms with Crippen molar-refractivity contribution in [1.29, 1.82) is 0 Å². The fourth-order valence-electron chi connectivity index (χ4n) is 4.41. The molecule has 11 heteroatoms. The highest BCUT2D eigenvalue weighted by Gasteiger charge is 2.19. The van der Waals surface area contributed by atoms with Crippen molar-refractivity contribution in [2.45, 2.75) is 13.0 Å². The minimum Gasteiger partial charge on any atom is -0.454 e. The highest BCUT2D eigenvalue weighted by molar-refractivity contribution is 6.04. The molecule has 2 aliphatic rings. The van der Waals surface area contributed by atoms with Crippen LogP contribution in [0.4, 0.5) is 21.9 Å². The van der Waals surface area contributed by atoms with Gasteiger partial charge in [0.1, 0.15) is 5.69 Å². The standard InChI is InChI=1S/C28H32N6O5/c29-22-4-1-2-5-23(22)32-27(35)24-8-6-20(17-30-24)18-34(11-3-10-33-12-14-37-15-13-33)28(36)31-21-7-9-25-26(16-21)39-19-38-25/h1-2,4-9,16-17H,3,10-15,18-19,29H2,(H,31,36)(H,32,35). The molecule has 3 aromatic rings. The van der Waals surface area contributed by atoms with Crippen molar-refractivity contribution in [2.24, 2.45) is 0 Å². The van der Waals surface area contributed by atoms with Crippen LogP contribution in [0, 0.1) is 0 Å². The number of morpholine rings is 1. The summed E-state index contributed by atoms with van der Waals surface area (Å²) in [6, 6.07) is 15.6. The zero-order valence-electron chi connectivity index (χ0n) is 21.6. The monoisotopic (exact) mass is 532 g/mol. The second-order valence-electron chi connectivity index (χ2n) is 9.32. The van der Waals surface area contributed by atoms with E-state index >= 15 is 0 Å². The molecule has 1 fully saturated rings. The zero-order chi connectivity index (χ0) is 27.0. The lowest BCUT2D eigenvalue weighted by atomic mass is 10.2. The molecule has 11 nitrogen and oxygen atoms in total. The van der Waals surface area contributed by atoms with Gasteiger partial charge in [-0.25, -0.2) is 4.79 Å². The molecule has 3 amide bonds. The van der Waals surface area contributed by atoms with E-state index in [0.29, 0.717) is 41.7 Å². The Balaban J connectivity index is 1.23. The van der Waals surface area contributed by atoms with Gasteiger partial charge in [-0.05, 0) is 42.3 Å². The fraction of sp³-hybridized carbons (Fsp3) is 0.321. The molecule has 0 atom stereocenters. The second-order valence-corrected chi connectivity index (χ2v) is 9.32. The van der Waals surface area contributed by atoms with E-state index in [1.54, 1.807) is 65.7 Å². The molecule has 2 aliphatic heterocycles. The van der Waals surface area contributed by atoms with Crippen LogP contribution in [0.2, 0.25) is 0 Å². The van der Waals surface area contributed by atoms with Crippen LogP contribution < -0.4 is 25.8 Å². The third-order valence-electron chi connectivity index (χ3n) is 6.56. The summed E-state index contributed by atoms with van der Waals surface area (Å²) in [7, 11) is 0. The number of anilines is 3. The minimum absolute atomic E-state index is 0.167. The van der Waals surface area contributed by atoms with Gasteiger partial charge in [-0.15, -0.1) is 0 Å². The van der Waals surface area contributed by atoms with E-state index in [9.17, 15) is 9.59 Å². The van der Waals surface area contributed by atoms with E-state index in [2.05, 4.69) is 20.5 Å². The second kappa shape index (κ2) is 12.5. The summed E-state index contributed by atoms with van der Waals surface area (Å²) in [5.74, 6) is 0.893. The van der Waals surface area contributed by atoms with Crippen LogP contribution in [0.3, 0.4) is 0 Å². The first-order valence-electron chi connectivity index (χ1n) is 12.9. The minimum atomic E-state index is -0.359. The summed E-state index contributed by atoms with van der Waals surface area (Å²) in [6.07, 6.45) is 2.42. The van der Waals surface area contributed by atoms with E-state index in [4.69, 9.17) is 19.9 Å². The van der Waals surface area contributed by atoms with Gasteiger partial charge in [0.05, 0.1) is 24.6 Å². The highest BCUT2D eigenvalue weighted by atomic mass is 16.7.